The third-order valence-corrected chi connectivity index (χ3v) is 3.88. The average molecular weight is 341 g/mol. The van der Waals surface area contributed by atoms with Crippen LogP contribution in [-0.4, -0.2) is 37.3 Å². The third-order valence-electron chi connectivity index (χ3n) is 3.88. The van der Waals surface area contributed by atoms with Gasteiger partial charge in [-0.25, -0.2) is 14.6 Å². The number of hydrogen-bond donors (Lipinski definition) is 2. The highest BCUT2D eigenvalue weighted by atomic mass is 16.3. The van der Waals surface area contributed by atoms with E-state index in [-0.39, 0.29) is 12.5 Å². The van der Waals surface area contributed by atoms with E-state index in [0.717, 1.165) is 0 Å². The lowest BCUT2D eigenvalue weighted by Gasteiger charge is -2.23. The second-order valence-electron chi connectivity index (χ2n) is 6.03. The molecular formula is C17H19N5O3. The summed E-state index contributed by atoms with van der Waals surface area (Å²) in [4.78, 5) is 20.3. The summed E-state index contributed by atoms with van der Waals surface area (Å²) >= 11 is 0. The molecule has 3 aromatic rings. The highest BCUT2D eigenvalue weighted by Crippen LogP contribution is 2.26. The van der Waals surface area contributed by atoms with Gasteiger partial charge >= 0.3 is 0 Å². The Bertz CT molecular complexity index is 866. The number of pyridine rings is 1. The van der Waals surface area contributed by atoms with Gasteiger partial charge in [0, 0.05) is 11.8 Å². The predicted molar refractivity (Wildman–Crippen MR) is 89.2 cm³/mol. The average Bonchev–Trinajstić information content (AvgIpc) is 3.23. The van der Waals surface area contributed by atoms with Crippen molar-refractivity contribution in [3.05, 3.63) is 59.7 Å². The molecule has 1 atom stereocenters. The number of carbonyl (C=O) groups is 1. The summed E-state index contributed by atoms with van der Waals surface area (Å²) < 4.78 is 6.94. The van der Waals surface area contributed by atoms with Crippen LogP contribution in [-0.2, 0) is 5.60 Å². The zero-order valence-corrected chi connectivity index (χ0v) is 14.2. The maximum atomic E-state index is 12.3. The Morgan fingerprint density at radius 3 is 2.76 bits per heavy atom. The molecule has 1 amide bonds. The van der Waals surface area contributed by atoms with E-state index in [1.165, 1.54) is 23.5 Å². The molecule has 3 rings (SSSR count). The van der Waals surface area contributed by atoms with E-state index in [2.05, 4.69) is 20.4 Å². The monoisotopic (exact) mass is 341 g/mol. The molecule has 0 aliphatic rings. The summed E-state index contributed by atoms with van der Waals surface area (Å²) in [6.45, 7) is 5.28. The number of amides is 1. The molecule has 0 spiro atoms. The molecule has 0 aliphatic heterocycles. The molecule has 0 bridgehead atoms. The number of nitrogens with one attached hydrogen (secondary N) is 1. The maximum absolute atomic E-state index is 12.3. The Balaban J connectivity index is 1.67. The van der Waals surface area contributed by atoms with Crippen LogP contribution >= 0.6 is 0 Å². The minimum atomic E-state index is -1.23. The maximum Gasteiger partial charge on any atom is 0.252 e. The minimum Gasteiger partial charge on any atom is -0.466 e. The largest absolute Gasteiger partial charge is 0.466 e. The summed E-state index contributed by atoms with van der Waals surface area (Å²) in [6.07, 6.45) is 4.38. The van der Waals surface area contributed by atoms with Gasteiger partial charge in [0.15, 0.2) is 5.82 Å². The first kappa shape index (κ1) is 16.8. The highest BCUT2D eigenvalue weighted by molar-refractivity contribution is 5.94. The normalized spacial score (nSPS) is 13.4. The van der Waals surface area contributed by atoms with Gasteiger partial charge in [0.25, 0.3) is 5.91 Å². The van der Waals surface area contributed by atoms with Crippen LogP contribution in [0.2, 0.25) is 0 Å². The third kappa shape index (κ3) is 3.58. The Hall–Kier alpha value is -3.00. The van der Waals surface area contributed by atoms with Crippen LogP contribution in [0, 0.1) is 13.8 Å². The number of aliphatic hydroxyl groups is 1. The van der Waals surface area contributed by atoms with Crippen LogP contribution in [0.15, 0.2) is 41.5 Å². The van der Waals surface area contributed by atoms with Crippen molar-refractivity contribution < 1.29 is 14.3 Å². The summed E-state index contributed by atoms with van der Waals surface area (Å²) in [5, 5.41) is 17.3. The fraction of sp³-hybridized carbons (Fsp3) is 0.294. The molecule has 0 radical (unpaired) electrons. The van der Waals surface area contributed by atoms with Crippen LogP contribution in [0.1, 0.15) is 34.4 Å². The SMILES string of the molecule is Cc1cc(C(C)(O)CNC(=O)c2ccc(-n3cncn3)nc2)c(C)o1. The highest BCUT2D eigenvalue weighted by Gasteiger charge is 2.28. The molecule has 8 nitrogen and oxygen atoms in total. The number of nitrogens with zero attached hydrogens (tertiary/aromatic N) is 4. The Morgan fingerprint density at radius 1 is 1.40 bits per heavy atom. The molecule has 0 fully saturated rings. The second-order valence-corrected chi connectivity index (χ2v) is 6.03. The van der Waals surface area contributed by atoms with Crippen LogP contribution in [0.25, 0.3) is 5.82 Å². The van der Waals surface area contributed by atoms with Crippen molar-refractivity contribution in [2.24, 2.45) is 0 Å². The van der Waals surface area contributed by atoms with E-state index in [0.29, 0.717) is 28.5 Å². The Morgan fingerprint density at radius 2 is 2.20 bits per heavy atom. The molecule has 25 heavy (non-hydrogen) atoms. The van der Waals surface area contributed by atoms with Gasteiger partial charge in [-0.15, -0.1) is 0 Å². The molecule has 0 aliphatic carbocycles. The smallest absolute Gasteiger partial charge is 0.252 e. The van der Waals surface area contributed by atoms with E-state index >= 15 is 0 Å². The van der Waals surface area contributed by atoms with Gasteiger partial charge in [0.2, 0.25) is 0 Å². The summed E-state index contributed by atoms with van der Waals surface area (Å²) in [5.74, 6) is 1.59. The van der Waals surface area contributed by atoms with Gasteiger partial charge in [0.05, 0.1) is 12.1 Å². The van der Waals surface area contributed by atoms with Crippen LogP contribution in [0.5, 0.6) is 0 Å². The van der Waals surface area contributed by atoms with Crippen molar-refractivity contribution in [3.8, 4) is 5.82 Å². The zero-order chi connectivity index (χ0) is 18.0. The topological polar surface area (TPSA) is 106 Å². The molecule has 3 aromatic heterocycles. The quantitative estimate of drug-likeness (QED) is 0.728. The lowest BCUT2D eigenvalue weighted by Crippen LogP contribution is -2.38. The lowest BCUT2D eigenvalue weighted by atomic mass is 9.96. The molecule has 3 heterocycles. The summed E-state index contributed by atoms with van der Waals surface area (Å²) in [6, 6.07) is 5.09. The zero-order valence-electron chi connectivity index (χ0n) is 14.2. The van der Waals surface area contributed by atoms with E-state index in [9.17, 15) is 9.90 Å². The first-order chi connectivity index (χ1) is 11.9. The minimum absolute atomic E-state index is 0.0521. The fourth-order valence-corrected chi connectivity index (χ4v) is 2.60. The number of aryl methyl sites for hydroxylation is 2. The van der Waals surface area contributed by atoms with E-state index in [1.807, 2.05) is 6.92 Å². The van der Waals surface area contributed by atoms with Gasteiger partial charge < -0.3 is 14.8 Å². The van der Waals surface area contributed by atoms with Crippen LogP contribution < -0.4 is 5.32 Å². The first-order valence-corrected chi connectivity index (χ1v) is 7.76. The first-order valence-electron chi connectivity index (χ1n) is 7.76. The Labute approximate surface area is 144 Å². The van der Waals surface area contributed by atoms with Crippen molar-refractivity contribution >= 4 is 5.91 Å². The lowest BCUT2D eigenvalue weighted by molar-refractivity contribution is 0.0514. The van der Waals surface area contributed by atoms with Crippen LogP contribution in [0.3, 0.4) is 0 Å². The Kier molecular flexibility index (Phi) is 4.37. The van der Waals surface area contributed by atoms with E-state index < -0.39 is 5.60 Å². The van der Waals surface area contributed by atoms with Crippen molar-refractivity contribution in [2.45, 2.75) is 26.4 Å². The van der Waals surface area contributed by atoms with Gasteiger partial charge in [-0.05, 0) is 39.0 Å². The molecular weight excluding hydrogens is 322 g/mol. The molecule has 2 N–H and O–H groups in total. The molecule has 0 aromatic carbocycles. The van der Waals surface area contributed by atoms with Crippen LogP contribution in [0.4, 0.5) is 0 Å². The van der Waals surface area contributed by atoms with Gasteiger partial charge in [-0.3, -0.25) is 4.79 Å². The number of carbonyl (C=O) groups excluding carboxylic acids is 1. The number of rotatable bonds is 5. The number of hydrogen-bond acceptors (Lipinski definition) is 6. The summed E-state index contributed by atoms with van der Waals surface area (Å²) in [7, 11) is 0. The number of furan rings is 1. The fourth-order valence-electron chi connectivity index (χ4n) is 2.60. The van der Waals surface area contributed by atoms with E-state index in [1.54, 1.807) is 32.0 Å². The van der Waals surface area contributed by atoms with Crippen molar-refractivity contribution in [3.63, 3.8) is 0 Å². The summed E-state index contributed by atoms with van der Waals surface area (Å²) in [5.41, 5.74) is -0.185. The second kappa shape index (κ2) is 6.48. The van der Waals surface area contributed by atoms with Gasteiger partial charge in [-0.1, -0.05) is 0 Å². The van der Waals surface area contributed by atoms with Gasteiger partial charge in [0.1, 0.15) is 29.8 Å². The molecule has 130 valence electrons. The van der Waals surface area contributed by atoms with Crippen molar-refractivity contribution in [2.75, 3.05) is 6.54 Å². The van der Waals surface area contributed by atoms with Crippen molar-refractivity contribution in [1.82, 2.24) is 25.1 Å². The predicted octanol–water partition coefficient (Wildman–Crippen LogP) is 1.51. The van der Waals surface area contributed by atoms with Gasteiger partial charge in [-0.2, -0.15) is 5.10 Å². The molecule has 0 saturated heterocycles. The standard InChI is InChI=1S/C17H19N5O3/c1-11-6-14(12(2)25-11)17(3,24)8-20-16(23)13-4-5-15(19-7-13)22-10-18-9-21-22/h4-7,9-10,24H,8H2,1-3H3,(H,20,23). The molecule has 1 unspecified atom stereocenters. The van der Waals surface area contributed by atoms with Crippen molar-refractivity contribution in [1.29, 1.82) is 0 Å². The number of aromatic nitrogens is 4. The molecule has 0 saturated carbocycles. The van der Waals surface area contributed by atoms with E-state index in [4.69, 9.17) is 4.42 Å². The molecule has 8 heteroatoms.